The summed E-state index contributed by atoms with van der Waals surface area (Å²) in [5.41, 5.74) is 6.90. The minimum Gasteiger partial charge on any atom is -0.463 e. The molecule has 0 radical (unpaired) electrons. The van der Waals surface area contributed by atoms with Crippen LogP contribution in [0.2, 0.25) is 0 Å². The molecule has 0 aliphatic carbocycles. The van der Waals surface area contributed by atoms with Gasteiger partial charge >= 0.3 is 11.9 Å². The highest BCUT2D eigenvalue weighted by atomic mass is 16.7. The molecule has 1 aliphatic rings. The molecular formula is C15H19NO6. The molecule has 0 bridgehead atoms. The van der Waals surface area contributed by atoms with Crippen molar-refractivity contribution in [3.8, 4) is 5.75 Å². The number of aliphatic hydroxyl groups is 1. The van der Waals surface area contributed by atoms with Gasteiger partial charge in [-0.25, -0.2) is 4.79 Å². The molecule has 7 nitrogen and oxygen atoms in total. The summed E-state index contributed by atoms with van der Waals surface area (Å²) < 4.78 is 15.7. The van der Waals surface area contributed by atoms with Crippen LogP contribution in [0.1, 0.15) is 31.7 Å². The minimum absolute atomic E-state index is 0.108. The van der Waals surface area contributed by atoms with Crippen LogP contribution in [-0.4, -0.2) is 29.4 Å². The fourth-order valence-corrected chi connectivity index (χ4v) is 2.20. The SMILES string of the molecule is CC(=O)OC(=O)C1CCCC(Oc2ccc(CO)cc2N)O1. The van der Waals surface area contributed by atoms with Crippen molar-refractivity contribution < 1.29 is 28.9 Å². The van der Waals surface area contributed by atoms with Gasteiger partial charge in [-0.05, 0) is 30.5 Å². The van der Waals surface area contributed by atoms with E-state index in [1.807, 2.05) is 0 Å². The molecule has 1 fully saturated rings. The number of esters is 2. The van der Waals surface area contributed by atoms with E-state index >= 15 is 0 Å². The summed E-state index contributed by atoms with van der Waals surface area (Å²) in [5.74, 6) is -0.951. The first-order chi connectivity index (χ1) is 10.5. The molecule has 3 N–H and O–H groups in total. The summed E-state index contributed by atoms with van der Waals surface area (Å²) in [5, 5.41) is 9.04. The van der Waals surface area contributed by atoms with E-state index in [2.05, 4.69) is 4.74 Å². The lowest BCUT2D eigenvalue weighted by atomic mass is 10.1. The standard InChI is InChI=1S/C15H19NO6/c1-9(18)20-15(19)13-3-2-4-14(22-13)21-12-6-5-10(8-17)7-11(12)16/h5-7,13-14,17H,2-4,8,16H2,1H3. The molecule has 1 aromatic carbocycles. The number of nitrogen functional groups attached to an aromatic ring is 1. The summed E-state index contributed by atoms with van der Waals surface area (Å²) in [4.78, 5) is 22.5. The fraction of sp³-hybridized carbons (Fsp3) is 0.467. The van der Waals surface area contributed by atoms with Crippen molar-refractivity contribution in [3.63, 3.8) is 0 Å². The third-order valence-corrected chi connectivity index (χ3v) is 3.24. The van der Waals surface area contributed by atoms with Gasteiger partial charge in [0, 0.05) is 13.3 Å². The molecule has 1 heterocycles. The normalized spacial score (nSPS) is 21.2. The number of nitrogens with two attached hydrogens (primary N) is 1. The smallest absolute Gasteiger partial charge is 0.343 e. The van der Waals surface area contributed by atoms with Crippen molar-refractivity contribution in [1.29, 1.82) is 0 Å². The zero-order valence-electron chi connectivity index (χ0n) is 12.3. The molecule has 2 atom stereocenters. The third-order valence-electron chi connectivity index (χ3n) is 3.24. The Kier molecular flexibility index (Phi) is 5.35. The summed E-state index contributed by atoms with van der Waals surface area (Å²) >= 11 is 0. The Morgan fingerprint density at radius 3 is 2.82 bits per heavy atom. The molecule has 1 aliphatic heterocycles. The van der Waals surface area contributed by atoms with E-state index in [1.54, 1.807) is 18.2 Å². The van der Waals surface area contributed by atoms with Gasteiger partial charge in [0.25, 0.3) is 0 Å². The maximum absolute atomic E-state index is 11.7. The number of ether oxygens (including phenoxy) is 3. The maximum Gasteiger partial charge on any atom is 0.343 e. The lowest BCUT2D eigenvalue weighted by Gasteiger charge is -2.29. The second kappa shape index (κ2) is 7.24. The Labute approximate surface area is 128 Å². The van der Waals surface area contributed by atoms with Gasteiger partial charge in [0.15, 0.2) is 6.10 Å². The van der Waals surface area contributed by atoms with E-state index < -0.39 is 24.3 Å². The second-order valence-corrected chi connectivity index (χ2v) is 5.05. The van der Waals surface area contributed by atoms with Crippen LogP contribution in [0.3, 0.4) is 0 Å². The number of carbonyl (C=O) groups excluding carboxylic acids is 2. The van der Waals surface area contributed by atoms with Crippen molar-refractivity contribution in [1.82, 2.24) is 0 Å². The van der Waals surface area contributed by atoms with Crippen LogP contribution in [0.4, 0.5) is 5.69 Å². The monoisotopic (exact) mass is 309 g/mol. The molecule has 0 spiro atoms. The average molecular weight is 309 g/mol. The van der Waals surface area contributed by atoms with E-state index in [0.717, 1.165) is 6.92 Å². The minimum atomic E-state index is -0.819. The van der Waals surface area contributed by atoms with Crippen molar-refractivity contribution >= 4 is 17.6 Å². The molecule has 2 unspecified atom stereocenters. The van der Waals surface area contributed by atoms with Crippen LogP contribution in [0.25, 0.3) is 0 Å². The molecule has 22 heavy (non-hydrogen) atoms. The van der Waals surface area contributed by atoms with Gasteiger partial charge in [-0.3, -0.25) is 4.79 Å². The van der Waals surface area contributed by atoms with Crippen LogP contribution in [-0.2, 0) is 25.7 Å². The lowest BCUT2D eigenvalue weighted by molar-refractivity contribution is -0.188. The number of carbonyl (C=O) groups is 2. The Hall–Kier alpha value is -2.12. The average Bonchev–Trinajstić information content (AvgIpc) is 2.49. The molecule has 1 aromatic rings. The van der Waals surface area contributed by atoms with Crippen LogP contribution in [0, 0.1) is 0 Å². The van der Waals surface area contributed by atoms with Crippen LogP contribution < -0.4 is 10.5 Å². The summed E-state index contributed by atoms with van der Waals surface area (Å²) in [6.45, 7) is 1.06. The first-order valence-corrected chi connectivity index (χ1v) is 7.03. The first kappa shape index (κ1) is 16.3. The Morgan fingerprint density at radius 2 is 2.18 bits per heavy atom. The van der Waals surface area contributed by atoms with E-state index in [9.17, 15) is 9.59 Å². The summed E-state index contributed by atoms with van der Waals surface area (Å²) in [7, 11) is 0. The molecule has 1 saturated heterocycles. The summed E-state index contributed by atoms with van der Waals surface area (Å²) in [6, 6.07) is 4.94. The Morgan fingerprint density at radius 1 is 1.41 bits per heavy atom. The van der Waals surface area contributed by atoms with E-state index in [-0.39, 0.29) is 6.61 Å². The number of hydrogen-bond donors (Lipinski definition) is 2. The van der Waals surface area contributed by atoms with Crippen molar-refractivity contribution in [2.75, 3.05) is 5.73 Å². The fourth-order valence-electron chi connectivity index (χ4n) is 2.20. The van der Waals surface area contributed by atoms with Crippen molar-refractivity contribution in [2.24, 2.45) is 0 Å². The van der Waals surface area contributed by atoms with E-state index in [4.69, 9.17) is 20.3 Å². The zero-order valence-corrected chi connectivity index (χ0v) is 12.3. The molecule has 120 valence electrons. The second-order valence-electron chi connectivity index (χ2n) is 5.05. The molecular weight excluding hydrogens is 290 g/mol. The van der Waals surface area contributed by atoms with Gasteiger partial charge in [0.2, 0.25) is 6.29 Å². The number of hydrogen-bond acceptors (Lipinski definition) is 7. The number of benzene rings is 1. The van der Waals surface area contributed by atoms with Gasteiger partial charge in [0.05, 0.1) is 12.3 Å². The third kappa shape index (κ3) is 4.19. The van der Waals surface area contributed by atoms with E-state index in [1.165, 1.54) is 0 Å². The highest BCUT2D eigenvalue weighted by molar-refractivity contribution is 5.86. The molecule has 7 heteroatoms. The Balaban J connectivity index is 1.98. The van der Waals surface area contributed by atoms with Gasteiger partial charge < -0.3 is 25.1 Å². The molecule has 2 rings (SSSR count). The highest BCUT2D eigenvalue weighted by Gasteiger charge is 2.31. The predicted octanol–water partition coefficient (Wildman–Crippen LogP) is 1.12. The summed E-state index contributed by atoms with van der Waals surface area (Å²) in [6.07, 6.45) is 0.327. The van der Waals surface area contributed by atoms with E-state index in [0.29, 0.717) is 36.3 Å². The Bertz CT molecular complexity index is 559. The topological polar surface area (TPSA) is 108 Å². The number of anilines is 1. The largest absolute Gasteiger partial charge is 0.463 e. The predicted molar refractivity (Wildman–Crippen MR) is 76.7 cm³/mol. The molecule has 0 amide bonds. The van der Waals surface area contributed by atoms with Gasteiger partial charge in [-0.15, -0.1) is 0 Å². The lowest BCUT2D eigenvalue weighted by Crippen LogP contribution is -2.38. The number of rotatable bonds is 4. The number of aliphatic hydroxyl groups excluding tert-OH is 1. The van der Waals surface area contributed by atoms with Crippen molar-refractivity contribution in [3.05, 3.63) is 23.8 Å². The van der Waals surface area contributed by atoms with Crippen LogP contribution in [0.5, 0.6) is 5.75 Å². The zero-order chi connectivity index (χ0) is 16.1. The van der Waals surface area contributed by atoms with Gasteiger partial charge in [-0.2, -0.15) is 0 Å². The molecule has 0 saturated carbocycles. The van der Waals surface area contributed by atoms with Gasteiger partial charge in [0.1, 0.15) is 5.75 Å². The highest BCUT2D eigenvalue weighted by Crippen LogP contribution is 2.28. The molecule has 0 aromatic heterocycles. The van der Waals surface area contributed by atoms with Crippen LogP contribution in [0.15, 0.2) is 18.2 Å². The van der Waals surface area contributed by atoms with Crippen LogP contribution >= 0.6 is 0 Å². The van der Waals surface area contributed by atoms with Gasteiger partial charge in [-0.1, -0.05) is 6.07 Å². The van der Waals surface area contributed by atoms with Crippen molar-refractivity contribution in [2.45, 2.75) is 45.2 Å². The maximum atomic E-state index is 11.7. The quantitative estimate of drug-likeness (QED) is 0.487. The first-order valence-electron chi connectivity index (χ1n) is 7.03.